The minimum atomic E-state index is 0.178. The van der Waals surface area contributed by atoms with Gasteiger partial charge >= 0.3 is 0 Å². The van der Waals surface area contributed by atoms with Gasteiger partial charge in [0.1, 0.15) is 0 Å². The first-order valence-electron chi connectivity index (χ1n) is 12.0. The molecule has 2 N–H and O–H groups in total. The van der Waals surface area contributed by atoms with Gasteiger partial charge in [0.25, 0.3) is 0 Å². The lowest BCUT2D eigenvalue weighted by molar-refractivity contribution is -0.136. The number of amides is 1. The Bertz CT molecular complexity index is 861. The Morgan fingerprint density at radius 2 is 1.77 bits per heavy atom. The predicted molar refractivity (Wildman–Crippen MR) is 130 cm³/mol. The zero-order valence-electron chi connectivity index (χ0n) is 19.4. The van der Waals surface area contributed by atoms with Crippen molar-refractivity contribution in [1.29, 1.82) is 0 Å². The Morgan fingerprint density at radius 1 is 1.06 bits per heavy atom. The van der Waals surface area contributed by atoms with Gasteiger partial charge in [0.15, 0.2) is 5.96 Å². The Hall–Kier alpha value is -2.56. The topological polar surface area (TPSA) is 56.7 Å². The standard InChI is InChI=1S/C26H38N4O/c1-4-20(5-2)25(31)30-18-15-23(16-19-30)29-26(27-6-3)28-17-14-22-12-9-11-21-10-7-8-13-24(21)22/h7-13,20,23H,4-6,14-19H2,1-3H3,(H2,27,28,29). The number of nitrogens with zero attached hydrogens (tertiary/aromatic N) is 2. The molecule has 31 heavy (non-hydrogen) atoms. The molecule has 168 valence electrons. The molecule has 5 heteroatoms. The van der Waals surface area contributed by atoms with Gasteiger partial charge in [-0.05, 0) is 55.4 Å². The number of fused-ring (bicyclic) bond motifs is 1. The lowest BCUT2D eigenvalue weighted by Gasteiger charge is -2.34. The molecule has 1 heterocycles. The average molecular weight is 423 g/mol. The number of carbonyl (C=O) groups excluding carboxylic acids is 1. The van der Waals surface area contributed by atoms with Crippen molar-refractivity contribution in [3.63, 3.8) is 0 Å². The molecule has 2 aromatic rings. The molecule has 0 radical (unpaired) electrons. The van der Waals surface area contributed by atoms with Gasteiger partial charge in [0.05, 0.1) is 0 Å². The van der Waals surface area contributed by atoms with Crippen LogP contribution in [-0.4, -0.2) is 49.0 Å². The van der Waals surface area contributed by atoms with Gasteiger partial charge in [0, 0.05) is 38.1 Å². The number of piperidine rings is 1. The number of benzene rings is 2. The van der Waals surface area contributed by atoms with Crippen LogP contribution in [0.15, 0.2) is 47.5 Å². The minimum absolute atomic E-state index is 0.178. The monoisotopic (exact) mass is 422 g/mol. The third kappa shape index (κ3) is 6.22. The number of guanidine groups is 1. The van der Waals surface area contributed by atoms with Crippen molar-refractivity contribution >= 4 is 22.6 Å². The van der Waals surface area contributed by atoms with Crippen molar-refractivity contribution in [2.75, 3.05) is 26.2 Å². The van der Waals surface area contributed by atoms with Gasteiger partial charge in [-0.1, -0.05) is 56.3 Å². The van der Waals surface area contributed by atoms with Gasteiger partial charge in [-0.3, -0.25) is 9.79 Å². The average Bonchev–Trinajstić information content (AvgIpc) is 2.80. The number of carbonyl (C=O) groups is 1. The lowest BCUT2D eigenvalue weighted by atomic mass is 9.98. The van der Waals surface area contributed by atoms with Crippen molar-refractivity contribution in [2.24, 2.45) is 10.9 Å². The molecule has 0 saturated carbocycles. The number of nitrogens with one attached hydrogen (secondary N) is 2. The summed E-state index contributed by atoms with van der Waals surface area (Å²) in [4.78, 5) is 19.5. The van der Waals surface area contributed by atoms with Gasteiger partial charge < -0.3 is 15.5 Å². The predicted octanol–water partition coefficient (Wildman–Crippen LogP) is 4.36. The highest BCUT2D eigenvalue weighted by atomic mass is 16.2. The summed E-state index contributed by atoms with van der Waals surface area (Å²) >= 11 is 0. The maximum Gasteiger partial charge on any atom is 0.225 e. The third-order valence-corrected chi connectivity index (χ3v) is 6.36. The highest BCUT2D eigenvalue weighted by Crippen LogP contribution is 2.19. The van der Waals surface area contributed by atoms with E-state index >= 15 is 0 Å². The highest BCUT2D eigenvalue weighted by molar-refractivity contribution is 5.85. The second-order valence-corrected chi connectivity index (χ2v) is 8.41. The molecule has 0 unspecified atom stereocenters. The SMILES string of the molecule is CCNC(=NCCc1cccc2ccccc12)NC1CCN(C(=O)C(CC)CC)CC1. The van der Waals surface area contributed by atoms with E-state index < -0.39 is 0 Å². The van der Waals surface area contributed by atoms with E-state index in [1.165, 1.54) is 16.3 Å². The van der Waals surface area contributed by atoms with Crippen molar-refractivity contribution in [2.45, 2.75) is 58.9 Å². The van der Waals surface area contributed by atoms with Crippen LogP contribution in [0.3, 0.4) is 0 Å². The summed E-state index contributed by atoms with van der Waals surface area (Å²) in [7, 11) is 0. The van der Waals surface area contributed by atoms with Crippen LogP contribution in [0.1, 0.15) is 52.0 Å². The Morgan fingerprint density at radius 3 is 2.48 bits per heavy atom. The van der Waals surface area contributed by atoms with E-state index in [1.807, 2.05) is 0 Å². The second kappa shape index (κ2) is 11.7. The van der Waals surface area contributed by atoms with Gasteiger partial charge in [-0.25, -0.2) is 0 Å². The summed E-state index contributed by atoms with van der Waals surface area (Å²) in [5, 5.41) is 9.57. The molecule has 5 nitrogen and oxygen atoms in total. The van der Waals surface area contributed by atoms with Crippen LogP contribution in [0.25, 0.3) is 10.8 Å². The fourth-order valence-electron chi connectivity index (χ4n) is 4.45. The van der Waals surface area contributed by atoms with Crippen LogP contribution in [0.2, 0.25) is 0 Å². The van der Waals surface area contributed by atoms with Gasteiger partial charge in [-0.15, -0.1) is 0 Å². The number of hydrogen-bond donors (Lipinski definition) is 2. The van der Waals surface area contributed by atoms with Crippen LogP contribution in [-0.2, 0) is 11.2 Å². The molecule has 1 fully saturated rings. The van der Waals surface area contributed by atoms with E-state index in [2.05, 4.69) is 78.8 Å². The first kappa shape index (κ1) is 23.1. The van der Waals surface area contributed by atoms with Crippen LogP contribution < -0.4 is 10.6 Å². The quantitative estimate of drug-likeness (QED) is 0.491. The van der Waals surface area contributed by atoms with Gasteiger partial charge in [-0.2, -0.15) is 0 Å². The van der Waals surface area contributed by atoms with E-state index in [0.717, 1.165) is 64.2 Å². The molecular formula is C26H38N4O. The summed E-state index contributed by atoms with van der Waals surface area (Å²) in [5.41, 5.74) is 1.34. The maximum absolute atomic E-state index is 12.6. The smallest absolute Gasteiger partial charge is 0.225 e. The fourth-order valence-corrected chi connectivity index (χ4v) is 4.45. The molecule has 2 aromatic carbocycles. The molecule has 0 atom stereocenters. The Kier molecular flexibility index (Phi) is 8.74. The lowest BCUT2D eigenvalue weighted by Crippen LogP contribution is -2.50. The third-order valence-electron chi connectivity index (χ3n) is 6.36. The second-order valence-electron chi connectivity index (χ2n) is 8.41. The van der Waals surface area contributed by atoms with Crippen molar-refractivity contribution in [1.82, 2.24) is 15.5 Å². The number of aliphatic imine (C=N–C) groups is 1. The summed E-state index contributed by atoms with van der Waals surface area (Å²) in [6, 6.07) is 15.4. The fraction of sp³-hybridized carbons (Fsp3) is 0.538. The summed E-state index contributed by atoms with van der Waals surface area (Å²) in [5.74, 6) is 1.39. The number of rotatable bonds is 8. The summed E-state index contributed by atoms with van der Waals surface area (Å²) in [6.07, 6.45) is 4.72. The largest absolute Gasteiger partial charge is 0.357 e. The van der Waals surface area contributed by atoms with E-state index in [-0.39, 0.29) is 5.92 Å². The Labute approximate surface area is 187 Å². The van der Waals surface area contributed by atoms with E-state index in [9.17, 15) is 4.79 Å². The normalized spacial score (nSPS) is 15.5. The first-order valence-corrected chi connectivity index (χ1v) is 12.0. The molecule has 0 spiro atoms. The molecule has 1 saturated heterocycles. The van der Waals surface area contributed by atoms with Crippen molar-refractivity contribution in [3.05, 3.63) is 48.0 Å². The van der Waals surface area contributed by atoms with E-state index in [1.54, 1.807) is 0 Å². The van der Waals surface area contributed by atoms with Crippen molar-refractivity contribution < 1.29 is 4.79 Å². The summed E-state index contributed by atoms with van der Waals surface area (Å²) < 4.78 is 0. The molecule has 0 bridgehead atoms. The van der Waals surface area contributed by atoms with Crippen LogP contribution in [0, 0.1) is 5.92 Å². The van der Waals surface area contributed by atoms with Gasteiger partial charge in [0.2, 0.25) is 5.91 Å². The summed E-state index contributed by atoms with van der Waals surface area (Å²) in [6.45, 7) is 9.57. The first-order chi connectivity index (χ1) is 15.2. The Balaban J connectivity index is 1.54. The van der Waals surface area contributed by atoms with Crippen LogP contribution in [0.4, 0.5) is 0 Å². The zero-order valence-corrected chi connectivity index (χ0v) is 19.4. The molecule has 1 aliphatic rings. The molecule has 0 aliphatic carbocycles. The maximum atomic E-state index is 12.6. The molecule has 0 aromatic heterocycles. The van der Waals surface area contributed by atoms with Crippen LogP contribution in [0.5, 0.6) is 0 Å². The van der Waals surface area contributed by atoms with Crippen molar-refractivity contribution in [3.8, 4) is 0 Å². The van der Waals surface area contributed by atoms with E-state index in [4.69, 9.17) is 4.99 Å². The minimum Gasteiger partial charge on any atom is -0.357 e. The van der Waals surface area contributed by atoms with Crippen LogP contribution >= 0.6 is 0 Å². The molecular weight excluding hydrogens is 384 g/mol. The molecule has 1 aliphatic heterocycles. The van der Waals surface area contributed by atoms with E-state index in [0.29, 0.717) is 11.9 Å². The molecule has 3 rings (SSSR count). The highest BCUT2D eigenvalue weighted by Gasteiger charge is 2.26. The molecule has 1 amide bonds. The number of likely N-dealkylation sites (tertiary alicyclic amines) is 1. The number of hydrogen-bond acceptors (Lipinski definition) is 2. The zero-order chi connectivity index (χ0) is 22.1.